The summed E-state index contributed by atoms with van der Waals surface area (Å²) in [5.41, 5.74) is 6.59. The quantitative estimate of drug-likeness (QED) is 0.689. The van der Waals surface area contributed by atoms with Gasteiger partial charge >= 0.3 is 0 Å². The molecular weight excluding hydrogens is 172 g/mol. The summed E-state index contributed by atoms with van der Waals surface area (Å²) >= 11 is 0. The van der Waals surface area contributed by atoms with E-state index in [4.69, 9.17) is 5.73 Å². The lowest BCUT2D eigenvalue weighted by atomic mass is 9.67. The zero-order chi connectivity index (χ0) is 9.60. The van der Waals surface area contributed by atoms with Crippen LogP contribution in [0.1, 0.15) is 44.9 Å². The molecule has 2 N–H and O–H groups in total. The van der Waals surface area contributed by atoms with Gasteiger partial charge in [-0.05, 0) is 31.1 Å². The van der Waals surface area contributed by atoms with Crippen molar-refractivity contribution in [2.45, 2.75) is 57.0 Å². The molecule has 3 rings (SSSR count). The molecule has 80 valence electrons. The normalized spacial score (nSPS) is 41.8. The molecule has 0 unspecified atom stereocenters. The molecule has 0 amide bonds. The van der Waals surface area contributed by atoms with Crippen molar-refractivity contribution in [2.75, 3.05) is 13.1 Å². The zero-order valence-corrected chi connectivity index (χ0v) is 9.04. The first-order chi connectivity index (χ1) is 6.77. The number of hydrogen-bond acceptors (Lipinski definition) is 2. The van der Waals surface area contributed by atoms with Gasteiger partial charge in [-0.25, -0.2) is 0 Å². The number of rotatable bonds is 1. The van der Waals surface area contributed by atoms with E-state index in [1.807, 2.05) is 0 Å². The molecule has 3 fully saturated rings. The molecule has 0 aromatic carbocycles. The average molecular weight is 194 g/mol. The fraction of sp³-hybridized carbons (Fsp3) is 1.00. The van der Waals surface area contributed by atoms with E-state index in [0.29, 0.717) is 6.04 Å². The molecule has 2 heteroatoms. The van der Waals surface area contributed by atoms with Crippen LogP contribution in [0.15, 0.2) is 0 Å². The van der Waals surface area contributed by atoms with Gasteiger partial charge in [0.15, 0.2) is 0 Å². The maximum Gasteiger partial charge on any atom is 0.0125 e. The Morgan fingerprint density at radius 1 is 1.00 bits per heavy atom. The van der Waals surface area contributed by atoms with Crippen LogP contribution in [-0.4, -0.2) is 30.1 Å². The molecule has 2 saturated carbocycles. The highest BCUT2D eigenvalue weighted by molar-refractivity contribution is 5.02. The highest BCUT2D eigenvalue weighted by atomic mass is 15.2. The van der Waals surface area contributed by atoms with Gasteiger partial charge in [0.1, 0.15) is 0 Å². The number of hydrogen-bond donors (Lipinski definition) is 1. The molecule has 0 bridgehead atoms. The Labute approximate surface area is 86.8 Å². The van der Waals surface area contributed by atoms with E-state index in [-0.39, 0.29) is 0 Å². The van der Waals surface area contributed by atoms with Crippen molar-refractivity contribution in [3.05, 3.63) is 0 Å². The van der Waals surface area contributed by atoms with Gasteiger partial charge < -0.3 is 5.73 Å². The third kappa shape index (κ3) is 1.40. The van der Waals surface area contributed by atoms with Crippen molar-refractivity contribution in [1.82, 2.24) is 4.90 Å². The van der Waals surface area contributed by atoms with Crippen LogP contribution in [0.25, 0.3) is 0 Å². The van der Waals surface area contributed by atoms with Crippen molar-refractivity contribution < 1.29 is 0 Å². The average Bonchev–Trinajstić information content (AvgIpc) is 2.11. The van der Waals surface area contributed by atoms with Crippen LogP contribution >= 0.6 is 0 Å². The first-order valence-electron chi connectivity index (χ1n) is 6.27. The summed E-state index contributed by atoms with van der Waals surface area (Å²) in [5, 5.41) is 0. The lowest BCUT2D eigenvalue weighted by Gasteiger charge is -2.58. The second kappa shape index (κ2) is 3.21. The molecule has 1 heterocycles. The first-order valence-corrected chi connectivity index (χ1v) is 6.27. The summed E-state index contributed by atoms with van der Waals surface area (Å²) in [6.07, 6.45) is 9.98. The molecule has 3 aliphatic rings. The smallest absolute Gasteiger partial charge is 0.0125 e. The van der Waals surface area contributed by atoms with Gasteiger partial charge in [-0.3, -0.25) is 4.90 Å². The van der Waals surface area contributed by atoms with E-state index in [1.165, 1.54) is 58.0 Å². The Bertz CT molecular complexity index is 206. The summed E-state index contributed by atoms with van der Waals surface area (Å²) in [4.78, 5) is 2.69. The van der Waals surface area contributed by atoms with Gasteiger partial charge in [0, 0.05) is 25.2 Å². The standard InChI is InChI=1S/C12H22N2/c13-10-6-11(7-10)14-8-12(9-14)4-2-1-3-5-12/h10-11H,1-9,13H2. The third-order valence-electron chi connectivity index (χ3n) is 4.66. The maximum absolute atomic E-state index is 5.83. The Morgan fingerprint density at radius 2 is 1.64 bits per heavy atom. The van der Waals surface area contributed by atoms with Crippen LogP contribution in [-0.2, 0) is 0 Å². The van der Waals surface area contributed by atoms with E-state index in [1.54, 1.807) is 0 Å². The molecule has 1 aliphatic heterocycles. The van der Waals surface area contributed by atoms with Gasteiger partial charge in [-0.2, -0.15) is 0 Å². The summed E-state index contributed by atoms with van der Waals surface area (Å²) in [7, 11) is 0. The maximum atomic E-state index is 5.83. The van der Waals surface area contributed by atoms with Crippen LogP contribution in [0.3, 0.4) is 0 Å². The Balaban J connectivity index is 1.50. The lowest BCUT2D eigenvalue weighted by Crippen LogP contribution is -2.64. The molecule has 1 saturated heterocycles. The van der Waals surface area contributed by atoms with Crippen molar-refractivity contribution in [2.24, 2.45) is 11.1 Å². The van der Waals surface area contributed by atoms with Gasteiger partial charge in [-0.15, -0.1) is 0 Å². The van der Waals surface area contributed by atoms with Crippen molar-refractivity contribution in [3.63, 3.8) is 0 Å². The van der Waals surface area contributed by atoms with E-state index in [9.17, 15) is 0 Å². The number of likely N-dealkylation sites (tertiary alicyclic amines) is 1. The van der Waals surface area contributed by atoms with Gasteiger partial charge in [0.05, 0.1) is 0 Å². The van der Waals surface area contributed by atoms with Crippen molar-refractivity contribution in [1.29, 1.82) is 0 Å². The lowest BCUT2D eigenvalue weighted by molar-refractivity contribution is -0.0770. The fourth-order valence-electron chi connectivity index (χ4n) is 3.62. The van der Waals surface area contributed by atoms with Gasteiger partial charge in [0.2, 0.25) is 0 Å². The fourth-order valence-corrected chi connectivity index (χ4v) is 3.62. The Kier molecular flexibility index (Phi) is 2.10. The van der Waals surface area contributed by atoms with E-state index >= 15 is 0 Å². The summed E-state index contributed by atoms with van der Waals surface area (Å²) < 4.78 is 0. The van der Waals surface area contributed by atoms with Crippen LogP contribution in [0.5, 0.6) is 0 Å². The molecule has 2 aliphatic carbocycles. The second-order valence-corrected chi connectivity index (χ2v) is 5.85. The van der Waals surface area contributed by atoms with Crippen LogP contribution in [0.2, 0.25) is 0 Å². The highest BCUT2D eigenvalue weighted by Crippen LogP contribution is 2.46. The van der Waals surface area contributed by atoms with Crippen molar-refractivity contribution in [3.8, 4) is 0 Å². The molecule has 0 aromatic heterocycles. The predicted octanol–water partition coefficient (Wildman–Crippen LogP) is 1.74. The second-order valence-electron chi connectivity index (χ2n) is 5.85. The molecule has 2 nitrogen and oxygen atoms in total. The molecule has 0 aromatic rings. The monoisotopic (exact) mass is 194 g/mol. The third-order valence-corrected chi connectivity index (χ3v) is 4.66. The van der Waals surface area contributed by atoms with Crippen LogP contribution in [0.4, 0.5) is 0 Å². The first kappa shape index (κ1) is 9.17. The van der Waals surface area contributed by atoms with Crippen LogP contribution in [0, 0.1) is 5.41 Å². The molecule has 0 radical (unpaired) electrons. The van der Waals surface area contributed by atoms with Gasteiger partial charge in [0.25, 0.3) is 0 Å². The minimum absolute atomic E-state index is 0.517. The molecule has 14 heavy (non-hydrogen) atoms. The van der Waals surface area contributed by atoms with E-state index in [2.05, 4.69) is 4.90 Å². The predicted molar refractivity (Wildman–Crippen MR) is 58.1 cm³/mol. The minimum Gasteiger partial charge on any atom is -0.328 e. The largest absolute Gasteiger partial charge is 0.328 e. The Hall–Kier alpha value is -0.0800. The van der Waals surface area contributed by atoms with Crippen LogP contribution < -0.4 is 5.73 Å². The highest BCUT2D eigenvalue weighted by Gasteiger charge is 2.47. The minimum atomic E-state index is 0.517. The molecule has 0 atom stereocenters. The summed E-state index contributed by atoms with van der Waals surface area (Å²) in [6, 6.07) is 1.38. The van der Waals surface area contributed by atoms with Crippen molar-refractivity contribution >= 4 is 0 Å². The number of nitrogens with two attached hydrogens (primary N) is 1. The molecule has 1 spiro atoms. The van der Waals surface area contributed by atoms with Gasteiger partial charge in [-0.1, -0.05) is 19.3 Å². The molecular formula is C12H22N2. The topological polar surface area (TPSA) is 29.3 Å². The van der Waals surface area contributed by atoms with E-state index < -0.39 is 0 Å². The zero-order valence-electron chi connectivity index (χ0n) is 9.04. The summed E-state index contributed by atoms with van der Waals surface area (Å²) in [6.45, 7) is 2.79. The number of nitrogens with zero attached hydrogens (tertiary/aromatic N) is 1. The Morgan fingerprint density at radius 3 is 2.21 bits per heavy atom. The summed E-state index contributed by atoms with van der Waals surface area (Å²) in [5.74, 6) is 0. The SMILES string of the molecule is NC1CC(N2CC3(CCCCC3)C2)C1. The van der Waals surface area contributed by atoms with E-state index in [0.717, 1.165) is 11.5 Å².